The molecule has 0 atom stereocenters. The Morgan fingerprint density at radius 1 is 1.26 bits per heavy atom. The summed E-state index contributed by atoms with van der Waals surface area (Å²) in [6.45, 7) is 3.22. The highest BCUT2D eigenvalue weighted by Gasteiger charge is 2.18. The van der Waals surface area contributed by atoms with Crippen LogP contribution in [0.3, 0.4) is 0 Å². The first-order chi connectivity index (χ1) is 9.16. The van der Waals surface area contributed by atoms with Gasteiger partial charge in [-0.2, -0.15) is 0 Å². The summed E-state index contributed by atoms with van der Waals surface area (Å²) >= 11 is 0. The lowest BCUT2D eigenvalue weighted by molar-refractivity contribution is 0.399. The zero-order valence-electron chi connectivity index (χ0n) is 12.1. The zero-order chi connectivity index (χ0) is 13.7. The molecule has 0 aliphatic carbocycles. The van der Waals surface area contributed by atoms with Gasteiger partial charge in [0.15, 0.2) is 0 Å². The second-order valence-corrected chi connectivity index (χ2v) is 5.77. The van der Waals surface area contributed by atoms with Crippen LogP contribution in [0.1, 0.15) is 36.3 Å². The van der Waals surface area contributed by atoms with Crippen molar-refractivity contribution in [3.63, 3.8) is 0 Å². The minimum atomic E-state index is -0.0995. The number of piperidine rings is 1. The number of rotatable bonds is 5. The molecular formula is C16H25FN2. The Labute approximate surface area is 116 Å². The first kappa shape index (κ1) is 14.5. The van der Waals surface area contributed by atoms with E-state index in [1.54, 1.807) is 12.1 Å². The predicted molar refractivity (Wildman–Crippen MR) is 78.1 cm³/mol. The standard InChI is InChI=1S/C16H25FN2/c1-19(2)11-3-4-14-12-15(17)5-6-16(14)13-7-9-18-10-8-13/h5-6,12-13,18H,3-4,7-11H2,1-2H3. The first-order valence-electron chi connectivity index (χ1n) is 7.30. The summed E-state index contributed by atoms with van der Waals surface area (Å²) in [5.74, 6) is 0.508. The molecule has 0 spiro atoms. The Hall–Kier alpha value is -0.930. The maximum atomic E-state index is 13.5. The van der Waals surface area contributed by atoms with Crippen LogP contribution in [-0.4, -0.2) is 38.6 Å². The van der Waals surface area contributed by atoms with E-state index in [0.717, 1.165) is 32.5 Å². The van der Waals surface area contributed by atoms with Gasteiger partial charge in [0.05, 0.1) is 0 Å². The maximum absolute atomic E-state index is 13.5. The summed E-state index contributed by atoms with van der Waals surface area (Å²) in [5.41, 5.74) is 2.59. The molecule has 1 saturated heterocycles. The fourth-order valence-electron chi connectivity index (χ4n) is 2.91. The summed E-state index contributed by atoms with van der Waals surface area (Å²) in [4.78, 5) is 2.18. The van der Waals surface area contributed by atoms with Crippen LogP contribution in [0.25, 0.3) is 0 Å². The van der Waals surface area contributed by atoms with Crippen LogP contribution in [0, 0.1) is 5.82 Å². The Bertz CT molecular complexity index is 398. The number of aryl methyl sites for hydroxylation is 1. The third-order valence-electron chi connectivity index (χ3n) is 3.94. The molecule has 1 aromatic carbocycles. The molecule has 1 fully saturated rings. The average Bonchev–Trinajstić information content (AvgIpc) is 2.39. The molecule has 1 aromatic rings. The van der Waals surface area contributed by atoms with Crippen molar-refractivity contribution in [3.05, 3.63) is 35.1 Å². The average molecular weight is 264 g/mol. The van der Waals surface area contributed by atoms with Gasteiger partial charge in [-0.1, -0.05) is 6.07 Å². The van der Waals surface area contributed by atoms with Gasteiger partial charge in [0.1, 0.15) is 5.82 Å². The molecule has 1 N–H and O–H groups in total. The van der Waals surface area contributed by atoms with Gasteiger partial charge in [-0.05, 0) is 88.6 Å². The number of halogens is 1. The van der Waals surface area contributed by atoms with E-state index < -0.39 is 0 Å². The minimum Gasteiger partial charge on any atom is -0.317 e. The molecule has 1 aliphatic rings. The largest absolute Gasteiger partial charge is 0.317 e. The highest BCUT2D eigenvalue weighted by Crippen LogP contribution is 2.29. The minimum absolute atomic E-state index is 0.0995. The Balaban J connectivity index is 2.08. The van der Waals surface area contributed by atoms with Crippen LogP contribution < -0.4 is 5.32 Å². The zero-order valence-corrected chi connectivity index (χ0v) is 12.1. The van der Waals surface area contributed by atoms with E-state index in [-0.39, 0.29) is 5.82 Å². The summed E-state index contributed by atoms with van der Waals surface area (Å²) in [6, 6.07) is 5.37. The summed E-state index contributed by atoms with van der Waals surface area (Å²) in [5, 5.41) is 3.39. The Morgan fingerprint density at radius 3 is 2.68 bits per heavy atom. The van der Waals surface area contributed by atoms with Gasteiger partial charge < -0.3 is 10.2 Å². The van der Waals surface area contributed by atoms with Crippen molar-refractivity contribution in [2.75, 3.05) is 33.7 Å². The molecule has 0 bridgehead atoms. The van der Waals surface area contributed by atoms with Crippen molar-refractivity contribution in [2.45, 2.75) is 31.6 Å². The van der Waals surface area contributed by atoms with E-state index in [0.29, 0.717) is 5.92 Å². The first-order valence-corrected chi connectivity index (χ1v) is 7.30. The molecule has 1 aliphatic heterocycles. The van der Waals surface area contributed by atoms with E-state index in [9.17, 15) is 4.39 Å². The number of hydrogen-bond acceptors (Lipinski definition) is 2. The van der Waals surface area contributed by atoms with Gasteiger partial charge in [0, 0.05) is 0 Å². The van der Waals surface area contributed by atoms with E-state index in [1.807, 2.05) is 6.07 Å². The van der Waals surface area contributed by atoms with Crippen LogP contribution >= 0.6 is 0 Å². The highest BCUT2D eigenvalue weighted by atomic mass is 19.1. The third kappa shape index (κ3) is 4.29. The summed E-state index contributed by atoms with van der Waals surface area (Å²) in [7, 11) is 4.17. The van der Waals surface area contributed by atoms with Crippen molar-refractivity contribution >= 4 is 0 Å². The molecular weight excluding hydrogens is 239 g/mol. The van der Waals surface area contributed by atoms with E-state index >= 15 is 0 Å². The molecule has 106 valence electrons. The van der Waals surface area contributed by atoms with Gasteiger partial charge in [-0.15, -0.1) is 0 Å². The highest BCUT2D eigenvalue weighted by molar-refractivity contribution is 5.31. The van der Waals surface area contributed by atoms with Crippen LogP contribution in [-0.2, 0) is 6.42 Å². The van der Waals surface area contributed by atoms with E-state index in [1.165, 1.54) is 24.0 Å². The molecule has 3 heteroatoms. The molecule has 0 unspecified atom stereocenters. The Kier molecular flexibility index (Phi) is 5.34. The monoisotopic (exact) mass is 264 g/mol. The fraction of sp³-hybridized carbons (Fsp3) is 0.625. The number of benzene rings is 1. The van der Waals surface area contributed by atoms with Crippen molar-refractivity contribution in [1.82, 2.24) is 10.2 Å². The molecule has 0 aromatic heterocycles. The molecule has 2 nitrogen and oxygen atoms in total. The molecule has 1 heterocycles. The smallest absolute Gasteiger partial charge is 0.123 e. The van der Waals surface area contributed by atoms with Crippen molar-refractivity contribution in [1.29, 1.82) is 0 Å². The van der Waals surface area contributed by atoms with Gasteiger partial charge in [-0.25, -0.2) is 4.39 Å². The van der Waals surface area contributed by atoms with E-state index in [2.05, 4.69) is 24.3 Å². The number of nitrogens with one attached hydrogen (secondary N) is 1. The van der Waals surface area contributed by atoms with Crippen LogP contribution in [0.4, 0.5) is 4.39 Å². The van der Waals surface area contributed by atoms with Crippen molar-refractivity contribution in [2.24, 2.45) is 0 Å². The maximum Gasteiger partial charge on any atom is 0.123 e. The molecule has 2 rings (SSSR count). The Morgan fingerprint density at radius 2 is 2.00 bits per heavy atom. The topological polar surface area (TPSA) is 15.3 Å². The van der Waals surface area contributed by atoms with Gasteiger partial charge in [0.25, 0.3) is 0 Å². The third-order valence-corrected chi connectivity index (χ3v) is 3.94. The van der Waals surface area contributed by atoms with E-state index in [4.69, 9.17) is 0 Å². The lowest BCUT2D eigenvalue weighted by Crippen LogP contribution is -2.27. The second kappa shape index (κ2) is 7.01. The number of nitrogens with zero attached hydrogens (tertiary/aromatic N) is 1. The lowest BCUT2D eigenvalue weighted by atomic mass is 9.86. The fourth-order valence-corrected chi connectivity index (χ4v) is 2.91. The number of hydrogen-bond donors (Lipinski definition) is 1. The SMILES string of the molecule is CN(C)CCCc1cc(F)ccc1C1CCNCC1. The van der Waals surface area contributed by atoms with Crippen molar-refractivity contribution < 1.29 is 4.39 Å². The second-order valence-electron chi connectivity index (χ2n) is 5.77. The summed E-state index contributed by atoms with van der Waals surface area (Å²) < 4.78 is 13.5. The molecule has 0 amide bonds. The quantitative estimate of drug-likeness (QED) is 0.880. The van der Waals surface area contributed by atoms with Gasteiger partial charge in [0.2, 0.25) is 0 Å². The normalized spacial score (nSPS) is 17.1. The van der Waals surface area contributed by atoms with Crippen LogP contribution in [0.2, 0.25) is 0 Å². The van der Waals surface area contributed by atoms with Gasteiger partial charge in [-0.3, -0.25) is 0 Å². The van der Waals surface area contributed by atoms with Crippen molar-refractivity contribution in [3.8, 4) is 0 Å². The molecule has 0 radical (unpaired) electrons. The molecule has 19 heavy (non-hydrogen) atoms. The lowest BCUT2D eigenvalue weighted by Gasteiger charge is -2.25. The molecule has 0 saturated carbocycles. The van der Waals surface area contributed by atoms with Gasteiger partial charge >= 0.3 is 0 Å². The van der Waals surface area contributed by atoms with Crippen LogP contribution in [0.15, 0.2) is 18.2 Å². The summed E-state index contributed by atoms with van der Waals surface area (Å²) in [6.07, 6.45) is 4.42. The predicted octanol–water partition coefficient (Wildman–Crippen LogP) is 2.79. The van der Waals surface area contributed by atoms with Crippen LogP contribution in [0.5, 0.6) is 0 Å².